The number of allylic oxidation sites excluding steroid dienone is 5. The molecule has 1 rings (SSSR count). The zero-order valence-corrected chi connectivity index (χ0v) is 22.4. The van der Waals surface area contributed by atoms with E-state index in [0.29, 0.717) is 24.4 Å². The van der Waals surface area contributed by atoms with Crippen molar-refractivity contribution >= 4 is 5.71 Å². The third-order valence-corrected chi connectivity index (χ3v) is 3.77. The van der Waals surface area contributed by atoms with E-state index in [9.17, 15) is 13.2 Å². The lowest BCUT2D eigenvalue weighted by Gasteiger charge is -2.11. The highest BCUT2D eigenvalue weighted by atomic mass is 19.1. The minimum atomic E-state index is -0.837. The average molecular weight is 488 g/mol. The van der Waals surface area contributed by atoms with Crippen LogP contribution in [0.2, 0.25) is 0 Å². The minimum absolute atomic E-state index is 0.0500. The molecule has 0 aliphatic carbocycles. The van der Waals surface area contributed by atoms with E-state index >= 15 is 0 Å². The van der Waals surface area contributed by atoms with Gasteiger partial charge in [0.25, 0.3) is 0 Å². The normalized spacial score (nSPS) is 11.0. The van der Waals surface area contributed by atoms with Crippen molar-refractivity contribution in [2.45, 2.75) is 80.9 Å². The van der Waals surface area contributed by atoms with Crippen LogP contribution in [0.1, 0.15) is 73.8 Å². The standard InChI is InChI=1S/C17H19F3O2.C4H9N.C4H10O.C2H6/c1-4-13(18)10-16(20)17(5-2)22-14-7-8-15(19)12(9-14)11-21-6-3;1-3-4(2)5;1-4(2)5-3;1-2/h4,7-10H,1,5-6,11H2,2-3H3;5H,3H2,1-2H3;4H,1-3H3;1-2H3/b13-10+,17-16-;;;. The molecule has 7 heteroatoms. The smallest absolute Gasteiger partial charge is 0.164 e. The minimum Gasteiger partial charge on any atom is -0.459 e. The number of methoxy groups -OCH3 is 1. The van der Waals surface area contributed by atoms with Crippen molar-refractivity contribution in [1.29, 1.82) is 5.41 Å². The maximum atomic E-state index is 13.9. The average Bonchev–Trinajstić information content (AvgIpc) is 2.84. The van der Waals surface area contributed by atoms with E-state index in [2.05, 4.69) is 6.58 Å². The number of hydrogen-bond acceptors (Lipinski definition) is 4. The van der Waals surface area contributed by atoms with Crippen LogP contribution in [-0.4, -0.2) is 25.5 Å². The van der Waals surface area contributed by atoms with Crippen molar-refractivity contribution in [2.24, 2.45) is 0 Å². The second-order valence-electron chi connectivity index (χ2n) is 6.77. The van der Waals surface area contributed by atoms with Gasteiger partial charge in [0.2, 0.25) is 0 Å². The molecule has 0 aromatic heterocycles. The van der Waals surface area contributed by atoms with E-state index < -0.39 is 17.5 Å². The molecule has 196 valence electrons. The molecule has 0 saturated heterocycles. The van der Waals surface area contributed by atoms with Crippen molar-refractivity contribution in [3.05, 3.63) is 65.7 Å². The van der Waals surface area contributed by atoms with Gasteiger partial charge in [-0.2, -0.15) is 0 Å². The summed E-state index contributed by atoms with van der Waals surface area (Å²) in [7, 11) is 1.70. The number of hydrogen-bond donors (Lipinski definition) is 1. The summed E-state index contributed by atoms with van der Waals surface area (Å²) in [6, 6.07) is 4.03. The van der Waals surface area contributed by atoms with Crippen molar-refractivity contribution < 1.29 is 27.4 Å². The molecule has 1 N–H and O–H groups in total. The van der Waals surface area contributed by atoms with Gasteiger partial charge in [0.05, 0.1) is 12.7 Å². The zero-order valence-electron chi connectivity index (χ0n) is 22.4. The summed E-state index contributed by atoms with van der Waals surface area (Å²) in [4.78, 5) is 0. The summed E-state index contributed by atoms with van der Waals surface area (Å²) in [5.74, 6) is -1.86. The molecule has 1 aromatic rings. The quantitative estimate of drug-likeness (QED) is 0.204. The van der Waals surface area contributed by atoms with Crippen LogP contribution in [0.25, 0.3) is 0 Å². The molecule has 0 aliphatic rings. The van der Waals surface area contributed by atoms with Gasteiger partial charge in [-0.3, -0.25) is 0 Å². The first-order valence-electron chi connectivity index (χ1n) is 11.5. The van der Waals surface area contributed by atoms with E-state index in [1.165, 1.54) is 18.2 Å². The Hall–Kier alpha value is -2.38. The Labute approximate surface area is 205 Å². The monoisotopic (exact) mass is 487 g/mol. The lowest BCUT2D eigenvalue weighted by Crippen LogP contribution is -2.00. The fraction of sp³-hybridized carbons (Fsp3) is 0.519. The predicted molar refractivity (Wildman–Crippen MR) is 137 cm³/mol. The van der Waals surface area contributed by atoms with Crippen LogP contribution in [0.3, 0.4) is 0 Å². The molecule has 0 bridgehead atoms. The zero-order chi connectivity index (χ0) is 27.1. The number of ether oxygens (including phenoxy) is 3. The number of rotatable bonds is 10. The van der Waals surface area contributed by atoms with E-state index in [0.717, 1.165) is 18.2 Å². The third kappa shape index (κ3) is 20.2. The van der Waals surface area contributed by atoms with Crippen LogP contribution >= 0.6 is 0 Å². The topological polar surface area (TPSA) is 51.5 Å². The molecule has 0 atom stereocenters. The van der Waals surface area contributed by atoms with Crippen molar-refractivity contribution in [3.63, 3.8) is 0 Å². The fourth-order valence-corrected chi connectivity index (χ4v) is 1.63. The second kappa shape index (κ2) is 23.8. The molecule has 34 heavy (non-hydrogen) atoms. The molecular formula is C27H44F3NO3. The molecule has 4 nitrogen and oxygen atoms in total. The second-order valence-corrected chi connectivity index (χ2v) is 6.77. The lowest BCUT2D eigenvalue weighted by molar-refractivity contribution is 0.131. The van der Waals surface area contributed by atoms with Crippen LogP contribution < -0.4 is 4.74 Å². The molecular weight excluding hydrogens is 443 g/mol. The maximum absolute atomic E-state index is 13.9. The van der Waals surface area contributed by atoms with Gasteiger partial charge >= 0.3 is 0 Å². The van der Waals surface area contributed by atoms with Crippen LogP contribution in [0.15, 0.2) is 54.3 Å². The Kier molecular flexibility index (Phi) is 25.3. The molecule has 0 unspecified atom stereocenters. The van der Waals surface area contributed by atoms with Gasteiger partial charge in [0.15, 0.2) is 5.83 Å². The van der Waals surface area contributed by atoms with E-state index in [1.807, 2.05) is 34.6 Å². The first-order valence-corrected chi connectivity index (χ1v) is 11.5. The largest absolute Gasteiger partial charge is 0.459 e. The lowest BCUT2D eigenvalue weighted by atomic mass is 10.2. The van der Waals surface area contributed by atoms with Gasteiger partial charge in [-0.1, -0.05) is 34.3 Å². The molecule has 0 fully saturated rings. The first-order chi connectivity index (χ1) is 16.1. The van der Waals surface area contributed by atoms with Gasteiger partial charge in [0, 0.05) is 37.5 Å². The molecule has 0 saturated carbocycles. The van der Waals surface area contributed by atoms with Crippen LogP contribution in [-0.2, 0) is 16.1 Å². The Morgan fingerprint density at radius 1 is 1.12 bits per heavy atom. The molecule has 0 heterocycles. The molecule has 0 amide bonds. The van der Waals surface area contributed by atoms with E-state index in [-0.39, 0.29) is 24.5 Å². The Balaban J connectivity index is -0.000000664. The molecule has 0 aliphatic heterocycles. The summed E-state index contributed by atoms with van der Waals surface area (Å²) in [5, 5.41) is 6.74. The van der Waals surface area contributed by atoms with Crippen LogP contribution in [0, 0.1) is 11.2 Å². The SMILES string of the molecule is C=C/C(F)=C\C(F)=C(/CC)Oc1ccc(F)c(COCC)c1.CC.CCC(C)=N.COC(C)C. The van der Waals surface area contributed by atoms with Gasteiger partial charge in [0.1, 0.15) is 23.2 Å². The Morgan fingerprint density at radius 2 is 1.65 bits per heavy atom. The number of benzene rings is 1. The van der Waals surface area contributed by atoms with Crippen LogP contribution in [0.4, 0.5) is 13.2 Å². The molecule has 0 spiro atoms. The summed E-state index contributed by atoms with van der Waals surface area (Å²) in [5.41, 5.74) is 1.06. The van der Waals surface area contributed by atoms with Crippen molar-refractivity contribution in [2.75, 3.05) is 13.7 Å². The molecule has 1 aromatic carbocycles. The highest BCUT2D eigenvalue weighted by Crippen LogP contribution is 2.23. The summed E-state index contributed by atoms with van der Waals surface area (Å²) in [6.07, 6.45) is 3.07. The Bertz CT molecular complexity index is 745. The maximum Gasteiger partial charge on any atom is 0.164 e. The number of halogens is 3. The first kappa shape index (κ1) is 36.2. The molecule has 0 radical (unpaired) electrons. The van der Waals surface area contributed by atoms with Crippen molar-refractivity contribution in [1.82, 2.24) is 0 Å². The van der Waals surface area contributed by atoms with Gasteiger partial charge < -0.3 is 19.6 Å². The van der Waals surface area contributed by atoms with E-state index in [4.69, 9.17) is 19.6 Å². The summed E-state index contributed by atoms with van der Waals surface area (Å²) < 4.78 is 55.8. The highest BCUT2D eigenvalue weighted by Gasteiger charge is 2.09. The fourth-order valence-electron chi connectivity index (χ4n) is 1.63. The Morgan fingerprint density at radius 3 is 2.03 bits per heavy atom. The summed E-state index contributed by atoms with van der Waals surface area (Å²) in [6.45, 7) is 19.0. The van der Waals surface area contributed by atoms with E-state index in [1.54, 1.807) is 27.9 Å². The van der Waals surface area contributed by atoms with Gasteiger partial charge in [-0.25, -0.2) is 13.2 Å². The van der Waals surface area contributed by atoms with Gasteiger partial charge in [-0.05, 0) is 58.4 Å². The highest BCUT2D eigenvalue weighted by molar-refractivity contribution is 5.78. The third-order valence-electron chi connectivity index (χ3n) is 3.77. The van der Waals surface area contributed by atoms with Crippen LogP contribution in [0.5, 0.6) is 5.75 Å². The summed E-state index contributed by atoms with van der Waals surface area (Å²) >= 11 is 0. The van der Waals surface area contributed by atoms with Gasteiger partial charge in [-0.15, -0.1) is 0 Å². The predicted octanol–water partition coefficient (Wildman–Crippen LogP) is 8.87. The number of nitrogens with one attached hydrogen (secondary N) is 1. The van der Waals surface area contributed by atoms with Crippen molar-refractivity contribution in [3.8, 4) is 5.75 Å².